The van der Waals surface area contributed by atoms with E-state index in [0.717, 1.165) is 11.3 Å². The first-order valence-electron chi connectivity index (χ1n) is 7.69. The number of ether oxygens (including phenoxy) is 2. The number of hydrogen-bond donors (Lipinski definition) is 2. The number of methoxy groups -OCH3 is 1. The van der Waals surface area contributed by atoms with Crippen LogP contribution in [0.1, 0.15) is 12.5 Å². The fraction of sp³-hybridized carbons (Fsp3) is 0.278. The summed E-state index contributed by atoms with van der Waals surface area (Å²) < 4.78 is 10.9. The highest BCUT2D eigenvalue weighted by Gasteiger charge is 2.07. The van der Waals surface area contributed by atoms with E-state index >= 15 is 0 Å². The van der Waals surface area contributed by atoms with Gasteiger partial charge in [-0.25, -0.2) is 0 Å². The second-order valence-electron chi connectivity index (χ2n) is 4.98. The van der Waals surface area contributed by atoms with Gasteiger partial charge in [0, 0.05) is 30.4 Å². The van der Waals surface area contributed by atoms with Gasteiger partial charge in [0.1, 0.15) is 0 Å². The van der Waals surface area contributed by atoms with Crippen molar-refractivity contribution in [1.82, 2.24) is 5.32 Å². The summed E-state index contributed by atoms with van der Waals surface area (Å²) in [4.78, 5) is 4.23. The highest BCUT2D eigenvalue weighted by molar-refractivity contribution is 14.0. The van der Waals surface area contributed by atoms with Crippen LogP contribution < -0.4 is 20.1 Å². The Balaban J connectivity index is 0.00000312. The van der Waals surface area contributed by atoms with Crippen LogP contribution in [0.25, 0.3) is 0 Å². The van der Waals surface area contributed by atoms with Gasteiger partial charge in [0.05, 0.1) is 13.7 Å². The molecule has 2 aromatic rings. The fourth-order valence-electron chi connectivity index (χ4n) is 2.17. The molecule has 0 bridgehead atoms. The lowest BCUT2D eigenvalue weighted by atomic mass is 10.2. The SMILES string of the molecule is CCOc1cc(NC(=NC)NCc2cccc(Cl)c2)ccc1OC.I. The van der Waals surface area contributed by atoms with Crippen molar-refractivity contribution in [2.45, 2.75) is 13.5 Å². The second kappa shape index (κ2) is 11.0. The third-order valence-electron chi connectivity index (χ3n) is 3.30. The molecule has 0 amide bonds. The Morgan fingerprint density at radius 3 is 2.60 bits per heavy atom. The molecule has 136 valence electrons. The van der Waals surface area contributed by atoms with Gasteiger partial charge in [-0.2, -0.15) is 0 Å². The lowest BCUT2D eigenvalue weighted by molar-refractivity contribution is 0.311. The summed E-state index contributed by atoms with van der Waals surface area (Å²) in [5.41, 5.74) is 1.94. The van der Waals surface area contributed by atoms with Gasteiger partial charge in [-0.1, -0.05) is 23.7 Å². The molecule has 0 fully saturated rings. The highest BCUT2D eigenvalue weighted by atomic mass is 127. The van der Waals surface area contributed by atoms with Gasteiger partial charge in [-0.15, -0.1) is 24.0 Å². The predicted octanol–water partition coefficient (Wildman–Crippen LogP) is 4.55. The Hall–Kier alpha value is -1.67. The van der Waals surface area contributed by atoms with Crippen LogP contribution in [0.2, 0.25) is 5.02 Å². The van der Waals surface area contributed by atoms with Crippen LogP contribution in [0.15, 0.2) is 47.5 Å². The summed E-state index contributed by atoms with van der Waals surface area (Å²) in [5, 5.41) is 7.20. The van der Waals surface area contributed by atoms with Gasteiger partial charge < -0.3 is 20.1 Å². The molecular weight excluding hydrogens is 453 g/mol. The lowest BCUT2D eigenvalue weighted by Crippen LogP contribution is -2.30. The Morgan fingerprint density at radius 2 is 1.96 bits per heavy atom. The third-order valence-corrected chi connectivity index (χ3v) is 3.53. The first-order chi connectivity index (χ1) is 11.7. The van der Waals surface area contributed by atoms with E-state index in [0.29, 0.717) is 35.6 Å². The molecule has 0 saturated heterocycles. The Labute approximate surface area is 170 Å². The number of hydrogen-bond acceptors (Lipinski definition) is 3. The largest absolute Gasteiger partial charge is 0.493 e. The van der Waals surface area contributed by atoms with Crippen molar-refractivity contribution in [3.8, 4) is 11.5 Å². The molecule has 0 saturated carbocycles. The van der Waals surface area contributed by atoms with E-state index in [9.17, 15) is 0 Å². The minimum Gasteiger partial charge on any atom is -0.493 e. The highest BCUT2D eigenvalue weighted by Crippen LogP contribution is 2.30. The molecule has 2 aromatic carbocycles. The zero-order valence-corrected chi connectivity index (χ0v) is 17.6. The molecule has 0 spiro atoms. The number of anilines is 1. The number of nitrogens with one attached hydrogen (secondary N) is 2. The van der Waals surface area contributed by atoms with E-state index < -0.39 is 0 Å². The number of halogens is 2. The van der Waals surface area contributed by atoms with Crippen LogP contribution in [-0.2, 0) is 6.54 Å². The van der Waals surface area contributed by atoms with Crippen molar-refractivity contribution < 1.29 is 9.47 Å². The summed E-state index contributed by atoms with van der Waals surface area (Å²) in [6, 6.07) is 13.4. The van der Waals surface area contributed by atoms with Crippen LogP contribution in [-0.4, -0.2) is 26.7 Å². The molecule has 0 aliphatic rings. The monoisotopic (exact) mass is 475 g/mol. The first-order valence-corrected chi connectivity index (χ1v) is 8.07. The van der Waals surface area contributed by atoms with Gasteiger partial charge in [-0.05, 0) is 36.8 Å². The molecule has 0 aromatic heterocycles. The zero-order valence-electron chi connectivity index (χ0n) is 14.5. The normalized spacial score (nSPS) is 10.6. The maximum absolute atomic E-state index is 6.00. The Bertz CT molecular complexity index is 710. The maximum Gasteiger partial charge on any atom is 0.195 e. The van der Waals surface area contributed by atoms with Gasteiger partial charge in [-0.3, -0.25) is 4.99 Å². The van der Waals surface area contributed by atoms with Gasteiger partial charge in [0.15, 0.2) is 17.5 Å². The minimum atomic E-state index is 0. The fourth-order valence-corrected chi connectivity index (χ4v) is 2.38. The number of guanidine groups is 1. The predicted molar refractivity (Wildman–Crippen MR) is 115 cm³/mol. The molecule has 0 heterocycles. The Morgan fingerprint density at radius 1 is 1.16 bits per heavy atom. The van der Waals surface area contributed by atoms with Gasteiger partial charge in [0.2, 0.25) is 0 Å². The lowest BCUT2D eigenvalue weighted by Gasteiger charge is -2.14. The molecule has 0 aliphatic carbocycles. The number of aliphatic imine (C=N–C) groups is 1. The summed E-state index contributed by atoms with van der Waals surface area (Å²) in [7, 11) is 3.34. The van der Waals surface area contributed by atoms with Crippen molar-refractivity contribution in [1.29, 1.82) is 0 Å². The van der Waals surface area contributed by atoms with E-state index in [1.165, 1.54) is 0 Å². The van der Waals surface area contributed by atoms with Crippen molar-refractivity contribution in [2.75, 3.05) is 26.1 Å². The standard InChI is InChI=1S/C18H22ClN3O2.HI/c1-4-24-17-11-15(8-9-16(17)23-3)22-18(20-2)21-12-13-6-5-7-14(19)10-13;/h5-11H,4,12H2,1-3H3,(H2,20,21,22);1H. The minimum absolute atomic E-state index is 0. The van der Waals surface area contributed by atoms with E-state index in [1.807, 2.05) is 49.4 Å². The van der Waals surface area contributed by atoms with Gasteiger partial charge >= 0.3 is 0 Å². The van der Waals surface area contributed by atoms with E-state index in [-0.39, 0.29) is 24.0 Å². The summed E-state index contributed by atoms with van der Waals surface area (Å²) in [6.07, 6.45) is 0. The maximum atomic E-state index is 6.00. The molecule has 25 heavy (non-hydrogen) atoms. The second-order valence-corrected chi connectivity index (χ2v) is 5.42. The average molecular weight is 476 g/mol. The van der Waals surface area contributed by atoms with Gasteiger partial charge in [0.25, 0.3) is 0 Å². The zero-order chi connectivity index (χ0) is 17.4. The van der Waals surface area contributed by atoms with Crippen molar-refractivity contribution in [3.63, 3.8) is 0 Å². The molecule has 0 unspecified atom stereocenters. The van der Waals surface area contributed by atoms with E-state index in [1.54, 1.807) is 14.2 Å². The quantitative estimate of drug-likeness (QED) is 0.366. The topological polar surface area (TPSA) is 54.9 Å². The molecular formula is C18H23ClIN3O2. The average Bonchev–Trinajstić information content (AvgIpc) is 2.59. The van der Waals surface area contributed by atoms with Crippen molar-refractivity contribution >= 4 is 47.2 Å². The number of benzene rings is 2. The number of nitrogens with zero attached hydrogens (tertiary/aromatic N) is 1. The Kier molecular flexibility index (Phi) is 9.44. The smallest absolute Gasteiger partial charge is 0.195 e. The summed E-state index contributed by atoms with van der Waals surface area (Å²) in [5.74, 6) is 2.04. The van der Waals surface area contributed by atoms with E-state index in [4.69, 9.17) is 21.1 Å². The van der Waals surface area contributed by atoms with Crippen LogP contribution in [0, 0.1) is 0 Å². The molecule has 2 N–H and O–H groups in total. The van der Waals surface area contributed by atoms with Crippen LogP contribution in [0.5, 0.6) is 11.5 Å². The molecule has 0 atom stereocenters. The first kappa shape index (κ1) is 21.4. The van der Waals surface area contributed by atoms with Crippen LogP contribution >= 0.6 is 35.6 Å². The summed E-state index contributed by atoms with van der Waals surface area (Å²) in [6.45, 7) is 3.13. The number of rotatable bonds is 6. The molecule has 2 rings (SSSR count). The molecule has 0 radical (unpaired) electrons. The molecule has 0 aliphatic heterocycles. The molecule has 5 nitrogen and oxygen atoms in total. The van der Waals surface area contributed by atoms with Crippen molar-refractivity contribution in [3.05, 3.63) is 53.1 Å². The molecule has 7 heteroatoms. The van der Waals surface area contributed by atoms with Crippen molar-refractivity contribution in [2.24, 2.45) is 4.99 Å². The summed E-state index contributed by atoms with van der Waals surface area (Å²) >= 11 is 6.00. The van der Waals surface area contributed by atoms with Crippen LogP contribution in [0.3, 0.4) is 0 Å². The van der Waals surface area contributed by atoms with Crippen LogP contribution in [0.4, 0.5) is 5.69 Å². The van der Waals surface area contributed by atoms with E-state index in [2.05, 4.69) is 15.6 Å². The third kappa shape index (κ3) is 6.62.